The number of thioether (sulfide) groups is 1. The third-order valence-corrected chi connectivity index (χ3v) is 2.71. The Labute approximate surface area is 94.6 Å². The van der Waals surface area contributed by atoms with Gasteiger partial charge in [-0.1, -0.05) is 19.1 Å². The summed E-state index contributed by atoms with van der Waals surface area (Å²) >= 11 is 1.63. The lowest BCUT2D eigenvalue weighted by atomic mass is 10.3. The Morgan fingerprint density at radius 1 is 1.40 bits per heavy atom. The number of carbonyl (C=O) groups excluding carboxylic acids is 1. The van der Waals surface area contributed by atoms with Crippen LogP contribution in [-0.4, -0.2) is 25.3 Å². The summed E-state index contributed by atoms with van der Waals surface area (Å²) in [7, 11) is 0. The predicted octanol–water partition coefficient (Wildman–Crippen LogP) is 1.96. The molecule has 0 aliphatic heterocycles. The van der Waals surface area contributed by atoms with Gasteiger partial charge in [-0.05, 0) is 24.9 Å². The van der Waals surface area contributed by atoms with Crippen molar-refractivity contribution < 1.29 is 4.79 Å². The molecule has 1 amide bonds. The zero-order valence-corrected chi connectivity index (χ0v) is 9.86. The van der Waals surface area contributed by atoms with Crippen molar-refractivity contribution in [2.45, 2.75) is 11.8 Å². The van der Waals surface area contributed by atoms with Crippen molar-refractivity contribution in [1.29, 1.82) is 0 Å². The van der Waals surface area contributed by atoms with Crippen molar-refractivity contribution in [2.75, 3.05) is 24.7 Å². The molecule has 0 aliphatic carbocycles. The summed E-state index contributed by atoms with van der Waals surface area (Å²) in [4.78, 5) is 12.5. The average Bonchev–Trinajstić information content (AvgIpc) is 2.27. The molecule has 0 radical (unpaired) electrons. The van der Waals surface area contributed by atoms with E-state index in [1.54, 1.807) is 11.8 Å². The Morgan fingerprint density at radius 2 is 2.13 bits per heavy atom. The summed E-state index contributed by atoms with van der Waals surface area (Å²) in [5, 5.41) is 5.86. The molecule has 3 nitrogen and oxygen atoms in total. The second kappa shape index (κ2) is 6.48. The fraction of sp³-hybridized carbons (Fsp3) is 0.364. The summed E-state index contributed by atoms with van der Waals surface area (Å²) in [6.45, 7) is 3.14. The summed E-state index contributed by atoms with van der Waals surface area (Å²) < 4.78 is 0. The van der Waals surface area contributed by atoms with Crippen LogP contribution in [0.3, 0.4) is 0 Å². The summed E-state index contributed by atoms with van der Waals surface area (Å²) in [6.07, 6.45) is 2.00. The maximum atomic E-state index is 11.5. The average molecular weight is 224 g/mol. The van der Waals surface area contributed by atoms with E-state index >= 15 is 0 Å². The van der Waals surface area contributed by atoms with Crippen LogP contribution in [0, 0.1) is 0 Å². The fourth-order valence-corrected chi connectivity index (χ4v) is 1.73. The first kappa shape index (κ1) is 12.1. The number of likely N-dealkylation sites (N-methyl/N-ethyl adjacent to an activating group) is 1. The monoisotopic (exact) mass is 224 g/mol. The summed E-state index contributed by atoms with van der Waals surface area (Å²) in [5.41, 5.74) is 0.882. The van der Waals surface area contributed by atoms with Crippen LogP contribution in [0.25, 0.3) is 0 Å². The van der Waals surface area contributed by atoms with Crippen molar-refractivity contribution in [1.82, 2.24) is 5.32 Å². The first-order valence-corrected chi connectivity index (χ1v) is 6.14. The number of hydrogen-bond acceptors (Lipinski definition) is 3. The first-order chi connectivity index (χ1) is 7.27. The smallest absolute Gasteiger partial charge is 0.238 e. The van der Waals surface area contributed by atoms with Gasteiger partial charge in [-0.15, -0.1) is 11.8 Å². The highest BCUT2D eigenvalue weighted by Gasteiger charge is 2.04. The normalized spacial score (nSPS) is 10.0. The molecule has 1 rings (SSSR count). The fourth-order valence-electron chi connectivity index (χ4n) is 1.18. The lowest BCUT2D eigenvalue weighted by molar-refractivity contribution is -0.115. The van der Waals surface area contributed by atoms with E-state index in [1.165, 1.54) is 0 Å². The van der Waals surface area contributed by atoms with E-state index < -0.39 is 0 Å². The number of hydrogen-bond donors (Lipinski definition) is 2. The third-order valence-electron chi connectivity index (χ3n) is 1.92. The molecule has 0 fully saturated rings. The molecule has 0 aromatic heterocycles. The molecule has 0 spiro atoms. The molecular weight excluding hydrogens is 208 g/mol. The lowest BCUT2D eigenvalue weighted by Gasteiger charge is -2.08. The Kier molecular flexibility index (Phi) is 5.21. The summed E-state index contributed by atoms with van der Waals surface area (Å²) in [6, 6.07) is 7.79. The predicted molar refractivity (Wildman–Crippen MR) is 65.4 cm³/mol. The van der Waals surface area contributed by atoms with Crippen molar-refractivity contribution >= 4 is 23.4 Å². The van der Waals surface area contributed by atoms with Gasteiger partial charge >= 0.3 is 0 Å². The Balaban J connectivity index is 2.59. The number of para-hydroxylation sites is 1. The highest BCUT2D eigenvalue weighted by atomic mass is 32.2. The van der Waals surface area contributed by atoms with Gasteiger partial charge in [-0.2, -0.15) is 0 Å². The standard InChI is InChI=1S/C11H16N2OS/c1-3-12-8-11(14)13-9-6-4-5-7-10(9)15-2/h4-7,12H,3,8H2,1-2H3,(H,13,14). The molecule has 0 heterocycles. The highest BCUT2D eigenvalue weighted by molar-refractivity contribution is 7.98. The molecule has 0 atom stereocenters. The second-order valence-corrected chi connectivity index (χ2v) is 3.88. The molecule has 2 N–H and O–H groups in total. The van der Waals surface area contributed by atoms with E-state index in [9.17, 15) is 4.79 Å². The van der Waals surface area contributed by atoms with Crippen LogP contribution in [0.1, 0.15) is 6.92 Å². The van der Waals surface area contributed by atoms with Crippen LogP contribution in [0.2, 0.25) is 0 Å². The molecule has 1 aromatic carbocycles. The molecule has 1 aromatic rings. The maximum absolute atomic E-state index is 11.5. The number of carbonyl (C=O) groups is 1. The van der Waals surface area contributed by atoms with Gasteiger partial charge in [0.2, 0.25) is 5.91 Å². The Morgan fingerprint density at radius 3 is 2.80 bits per heavy atom. The minimum atomic E-state index is -0.00153. The molecule has 0 unspecified atom stereocenters. The zero-order chi connectivity index (χ0) is 11.1. The van der Waals surface area contributed by atoms with Crippen molar-refractivity contribution in [2.24, 2.45) is 0 Å². The van der Waals surface area contributed by atoms with E-state index in [4.69, 9.17) is 0 Å². The topological polar surface area (TPSA) is 41.1 Å². The zero-order valence-electron chi connectivity index (χ0n) is 9.04. The Bertz CT molecular complexity index is 328. The van der Waals surface area contributed by atoms with E-state index in [0.29, 0.717) is 6.54 Å². The van der Waals surface area contributed by atoms with Gasteiger partial charge < -0.3 is 10.6 Å². The minimum Gasteiger partial charge on any atom is -0.324 e. The van der Waals surface area contributed by atoms with E-state index in [1.807, 2.05) is 37.4 Å². The van der Waals surface area contributed by atoms with Gasteiger partial charge in [0.05, 0.1) is 12.2 Å². The maximum Gasteiger partial charge on any atom is 0.238 e. The van der Waals surface area contributed by atoms with Crippen LogP contribution < -0.4 is 10.6 Å². The van der Waals surface area contributed by atoms with E-state index in [0.717, 1.165) is 17.1 Å². The van der Waals surface area contributed by atoms with Crippen LogP contribution in [0.5, 0.6) is 0 Å². The molecule has 82 valence electrons. The van der Waals surface area contributed by atoms with Crippen LogP contribution in [0.4, 0.5) is 5.69 Å². The van der Waals surface area contributed by atoms with E-state index in [2.05, 4.69) is 10.6 Å². The van der Waals surface area contributed by atoms with Crippen molar-refractivity contribution in [3.63, 3.8) is 0 Å². The molecule has 0 bridgehead atoms. The minimum absolute atomic E-state index is 0.00153. The van der Waals surface area contributed by atoms with Crippen molar-refractivity contribution in [3.8, 4) is 0 Å². The number of rotatable bonds is 5. The van der Waals surface area contributed by atoms with Crippen LogP contribution >= 0.6 is 11.8 Å². The molecule has 0 saturated carbocycles. The quantitative estimate of drug-likeness (QED) is 0.751. The van der Waals surface area contributed by atoms with Gasteiger partial charge in [-0.3, -0.25) is 4.79 Å². The number of amides is 1. The molecule has 0 aliphatic rings. The SMILES string of the molecule is CCNCC(=O)Nc1ccccc1SC. The largest absolute Gasteiger partial charge is 0.324 e. The Hall–Kier alpha value is -1.00. The van der Waals surface area contributed by atoms with Gasteiger partial charge in [0.25, 0.3) is 0 Å². The highest BCUT2D eigenvalue weighted by Crippen LogP contribution is 2.24. The van der Waals surface area contributed by atoms with E-state index in [-0.39, 0.29) is 5.91 Å². The molecule has 0 saturated heterocycles. The van der Waals surface area contributed by atoms with Crippen molar-refractivity contribution in [3.05, 3.63) is 24.3 Å². The van der Waals surface area contributed by atoms with Gasteiger partial charge in [0, 0.05) is 4.90 Å². The summed E-state index contributed by atoms with van der Waals surface area (Å²) in [5.74, 6) is -0.00153. The van der Waals surface area contributed by atoms with Gasteiger partial charge in [0.1, 0.15) is 0 Å². The van der Waals surface area contributed by atoms with Gasteiger partial charge in [-0.25, -0.2) is 0 Å². The lowest BCUT2D eigenvalue weighted by Crippen LogP contribution is -2.27. The number of nitrogens with one attached hydrogen (secondary N) is 2. The number of anilines is 1. The van der Waals surface area contributed by atoms with Crippen LogP contribution in [0.15, 0.2) is 29.2 Å². The molecular formula is C11H16N2OS. The first-order valence-electron chi connectivity index (χ1n) is 4.91. The molecule has 4 heteroatoms. The third kappa shape index (κ3) is 3.93. The van der Waals surface area contributed by atoms with Gasteiger partial charge in [0.15, 0.2) is 0 Å². The second-order valence-electron chi connectivity index (χ2n) is 3.03. The number of benzene rings is 1. The van der Waals surface area contributed by atoms with Crippen LogP contribution in [-0.2, 0) is 4.79 Å². The molecule has 15 heavy (non-hydrogen) atoms.